The molecule has 0 amide bonds. The molecule has 17 heteroatoms. The Bertz CT molecular complexity index is 2220. The standard InChI is InChI=1S/C37H44F3N7O6S/c1-22-17-28-32(42-31(22)52-16-15-45-12-7-6-8-13-45)53-36(10-11-36)21-46(54(28,50)51)20-25-18-27(41-19-23(25)2)29(35(4,5)34(48)49)26-9-14-47-30(24(26)3)43-44-33(47)37(38,39)40/h9,14,17-19,29H,6-8,10-13,15-16,20-21H2,1-5H3,(H,48,49). The Labute approximate surface area is 311 Å². The summed E-state index contributed by atoms with van der Waals surface area (Å²) < 4.78 is 84.5. The molecule has 1 unspecified atom stereocenters. The predicted octanol–water partition coefficient (Wildman–Crippen LogP) is 5.69. The van der Waals surface area contributed by atoms with Crippen molar-refractivity contribution in [1.29, 1.82) is 0 Å². The van der Waals surface area contributed by atoms with Crippen molar-refractivity contribution in [2.24, 2.45) is 5.41 Å². The largest absolute Gasteiger partial charge is 0.481 e. The lowest BCUT2D eigenvalue weighted by atomic mass is 9.71. The molecule has 7 rings (SSSR count). The number of ether oxygens (including phenoxy) is 2. The van der Waals surface area contributed by atoms with Gasteiger partial charge in [0.2, 0.25) is 27.6 Å². The number of hydrogen-bond acceptors (Lipinski definition) is 10. The number of aromatic nitrogens is 5. The summed E-state index contributed by atoms with van der Waals surface area (Å²) in [6, 6.07) is 4.67. The number of piperidine rings is 1. The lowest BCUT2D eigenvalue weighted by molar-refractivity contribution is -0.147. The van der Waals surface area contributed by atoms with E-state index in [0.717, 1.165) is 36.9 Å². The zero-order chi connectivity index (χ0) is 38.8. The number of fused-ring (bicyclic) bond motifs is 2. The molecule has 2 aliphatic heterocycles. The number of carbonyl (C=O) groups is 1. The molecule has 1 saturated carbocycles. The normalized spacial score (nSPS) is 19.3. The third-order valence-electron chi connectivity index (χ3n) is 11.0. The number of carboxylic acids is 1. The molecule has 4 aromatic heterocycles. The van der Waals surface area contributed by atoms with Gasteiger partial charge in [0.05, 0.1) is 12.0 Å². The molecule has 0 bridgehead atoms. The van der Waals surface area contributed by atoms with Crippen LogP contribution in [0.5, 0.6) is 11.8 Å². The van der Waals surface area contributed by atoms with E-state index < -0.39 is 44.9 Å². The first-order valence-corrected chi connectivity index (χ1v) is 19.5. The molecule has 2 fully saturated rings. The quantitative estimate of drug-likeness (QED) is 0.212. The van der Waals surface area contributed by atoms with Crippen molar-refractivity contribution in [2.75, 3.05) is 32.8 Å². The minimum absolute atomic E-state index is 0.0111. The summed E-state index contributed by atoms with van der Waals surface area (Å²) in [5, 5.41) is 17.6. The van der Waals surface area contributed by atoms with Crippen LogP contribution < -0.4 is 9.47 Å². The molecule has 1 aliphatic carbocycles. The number of alkyl halides is 3. The van der Waals surface area contributed by atoms with Gasteiger partial charge in [-0.15, -0.1) is 10.2 Å². The zero-order valence-electron chi connectivity index (χ0n) is 30.9. The van der Waals surface area contributed by atoms with Gasteiger partial charge >= 0.3 is 12.1 Å². The van der Waals surface area contributed by atoms with Crippen LogP contribution in [0.25, 0.3) is 5.65 Å². The first kappa shape index (κ1) is 37.9. The van der Waals surface area contributed by atoms with Gasteiger partial charge in [-0.1, -0.05) is 6.42 Å². The average Bonchev–Trinajstić information content (AvgIpc) is 3.72. The number of halogens is 3. The topological polar surface area (TPSA) is 152 Å². The first-order chi connectivity index (χ1) is 25.4. The Morgan fingerprint density at radius 2 is 1.80 bits per heavy atom. The highest BCUT2D eigenvalue weighted by Crippen LogP contribution is 2.48. The fourth-order valence-electron chi connectivity index (χ4n) is 7.48. The van der Waals surface area contributed by atoms with Crippen LogP contribution in [0.3, 0.4) is 0 Å². The molecule has 6 heterocycles. The highest BCUT2D eigenvalue weighted by molar-refractivity contribution is 7.89. The number of aryl methyl sites for hydroxylation is 3. The van der Waals surface area contributed by atoms with Crippen molar-refractivity contribution < 1.29 is 41.0 Å². The van der Waals surface area contributed by atoms with Crippen molar-refractivity contribution in [2.45, 2.75) is 95.9 Å². The van der Waals surface area contributed by atoms with Crippen molar-refractivity contribution in [3.05, 3.63) is 69.9 Å². The fraction of sp³-hybridized carbons (Fsp3) is 0.541. The smallest absolute Gasteiger partial charge is 0.452 e. The Morgan fingerprint density at radius 3 is 2.46 bits per heavy atom. The van der Waals surface area contributed by atoms with Crippen LogP contribution in [0.15, 0.2) is 35.5 Å². The first-order valence-electron chi connectivity index (χ1n) is 18.1. The maximum atomic E-state index is 14.4. The van der Waals surface area contributed by atoms with Gasteiger partial charge in [0, 0.05) is 42.7 Å². The second-order valence-corrected chi connectivity index (χ2v) is 17.2. The number of hydrogen-bond donors (Lipinski definition) is 1. The van der Waals surface area contributed by atoms with Gasteiger partial charge in [0.25, 0.3) is 0 Å². The molecular formula is C37H44F3N7O6S. The second kappa shape index (κ2) is 13.7. The monoisotopic (exact) mass is 771 g/mol. The molecule has 1 saturated heterocycles. The SMILES string of the molecule is Cc1cnc(C(c2ccn3c(C(F)(F)F)nnc3c2C)C(C)(C)C(=O)O)cc1CN1CC2(CC2)Oc2nc(OCCN3CCCCC3)c(C)cc2S1(=O)=O. The van der Waals surface area contributed by atoms with Crippen molar-refractivity contribution in [1.82, 2.24) is 33.8 Å². The fourth-order valence-corrected chi connectivity index (χ4v) is 9.11. The predicted molar refractivity (Wildman–Crippen MR) is 190 cm³/mol. The van der Waals surface area contributed by atoms with Crippen LogP contribution in [-0.2, 0) is 27.5 Å². The van der Waals surface area contributed by atoms with Gasteiger partial charge in [0.15, 0.2) is 5.65 Å². The summed E-state index contributed by atoms with van der Waals surface area (Å²) in [5.41, 5.74) is 0.488. The van der Waals surface area contributed by atoms with E-state index in [4.69, 9.17) is 9.47 Å². The number of nitrogens with zero attached hydrogens (tertiary/aromatic N) is 7. The Morgan fingerprint density at radius 1 is 1.07 bits per heavy atom. The van der Waals surface area contributed by atoms with Gasteiger partial charge in [-0.3, -0.25) is 19.1 Å². The highest BCUT2D eigenvalue weighted by Gasteiger charge is 2.53. The molecule has 4 aromatic rings. The molecule has 54 heavy (non-hydrogen) atoms. The number of sulfonamides is 1. The number of rotatable bonds is 10. The van der Waals surface area contributed by atoms with Crippen molar-refractivity contribution >= 4 is 21.6 Å². The van der Waals surface area contributed by atoms with Gasteiger partial charge in [0.1, 0.15) is 17.1 Å². The van der Waals surface area contributed by atoms with Gasteiger partial charge < -0.3 is 14.6 Å². The minimum Gasteiger partial charge on any atom is -0.481 e. The minimum atomic E-state index is -4.75. The molecule has 1 atom stereocenters. The number of aliphatic carboxylic acids is 1. The van der Waals surface area contributed by atoms with E-state index in [1.54, 1.807) is 39.1 Å². The summed E-state index contributed by atoms with van der Waals surface area (Å²) in [5.74, 6) is -2.98. The second-order valence-electron chi connectivity index (χ2n) is 15.3. The molecule has 1 N–H and O–H groups in total. The highest BCUT2D eigenvalue weighted by atomic mass is 32.2. The number of carboxylic acid groups (broad SMARTS) is 1. The van der Waals surface area contributed by atoms with Gasteiger partial charge in [-0.2, -0.15) is 22.5 Å². The summed E-state index contributed by atoms with van der Waals surface area (Å²) in [7, 11) is -4.15. The zero-order valence-corrected chi connectivity index (χ0v) is 31.7. The third-order valence-corrected chi connectivity index (χ3v) is 12.8. The molecule has 0 aromatic carbocycles. The molecular weight excluding hydrogens is 728 g/mol. The van der Waals surface area contributed by atoms with E-state index in [0.29, 0.717) is 58.8 Å². The third kappa shape index (κ3) is 7.01. The van der Waals surface area contributed by atoms with Crippen LogP contribution in [0.2, 0.25) is 0 Å². The van der Waals surface area contributed by atoms with Crippen molar-refractivity contribution in [3.8, 4) is 11.8 Å². The molecule has 3 aliphatic rings. The van der Waals surface area contributed by atoms with E-state index in [-0.39, 0.29) is 29.5 Å². The van der Waals surface area contributed by atoms with E-state index >= 15 is 0 Å². The summed E-state index contributed by atoms with van der Waals surface area (Å²) >= 11 is 0. The Kier molecular flexibility index (Phi) is 9.66. The van der Waals surface area contributed by atoms with Crippen LogP contribution in [0.4, 0.5) is 13.2 Å². The summed E-state index contributed by atoms with van der Waals surface area (Å²) in [6.45, 7) is 11.4. The van der Waals surface area contributed by atoms with Gasteiger partial charge in [-0.25, -0.2) is 8.42 Å². The molecule has 0 radical (unpaired) electrons. The average molecular weight is 772 g/mol. The van der Waals surface area contributed by atoms with Crippen LogP contribution in [0.1, 0.15) is 91.2 Å². The van der Waals surface area contributed by atoms with E-state index in [1.807, 2.05) is 0 Å². The number of pyridine rings is 3. The van der Waals surface area contributed by atoms with Gasteiger partial charge in [-0.05, 0) is 114 Å². The molecule has 13 nitrogen and oxygen atoms in total. The molecule has 1 spiro atoms. The summed E-state index contributed by atoms with van der Waals surface area (Å²) in [4.78, 5) is 24.3. The van der Waals surface area contributed by atoms with Crippen LogP contribution >= 0.6 is 0 Å². The lowest BCUT2D eigenvalue weighted by Crippen LogP contribution is -2.38. The van der Waals surface area contributed by atoms with E-state index in [1.165, 1.54) is 36.8 Å². The number of likely N-dealkylation sites (tertiary alicyclic amines) is 1. The Hall–Kier alpha value is -4.35. The summed E-state index contributed by atoms with van der Waals surface area (Å²) in [6.07, 6.45) is 2.81. The van der Waals surface area contributed by atoms with Crippen LogP contribution in [0, 0.1) is 26.2 Å². The van der Waals surface area contributed by atoms with Crippen molar-refractivity contribution in [3.63, 3.8) is 0 Å². The van der Waals surface area contributed by atoms with E-state index in [2.05, 4.69) is 25.1 Å². The maximum absolute atomic E-state index is 14.4. The molecule has 290 valence electrons. The lowest BCUT2D eigenvalue weighted by Gasteiger charge is -2.32. The van der Waals surface area contributed by atoms with E-state index in [9.17, 15) is 31.5 Å². The maximum Gasteiger partial charge on any atom is 0.452 e. The van der Waals surface area contributed by atoms with Crippen LogP contribution in [-0.4, -0.2) is 91.7 Å². The Balaban J connectivity index is 1.22.